The maximum Gasteiger partial charge on any atom is 0.165 e. The van der Waals surface area contributed by atoms with E-state index in [1.807, 2.05) is 31.2 Å². The minimum Gasteiger partial charge on any atom is -0.494 e. The van der Waals surface area contributed by atoms with Crippen molar-refractivity contribution < 1.29 is 9.13 Å². The van der Waals surface area contributed by atoms with Crippen LogP contribution in [-0.4, -0.2) is 7.11 Å². The van der Waals surface area contributed by atoms with E-state index in [2.05, 4.69) is 5.43 Å². The molecule has 0 bridgehead atoms. The summed E-state index contributed by atoms with van der Waals surface area (Å²) in [6.07, 6.45) is 0. The van der Waals surface area contributed by atoms with E-state index in [0.717, 1.165) is 16.7 Å². The number of nitrogens with one attached hydrogen (secondary N) is 1. The van der Waals surface area contributed by atoms with Gasteiger partial charge in [-0.3, -0.25) is 5.84 Å². The van der Waals surface area contributed by atoms with Gasteiger partial charge in [-0.2, -0.15) is 0 Å². The van der Waals surface area contributed by atoms with E-state index in [1.165, 1.54) is 13.2 Å². The average Bonchev–Trinajstić information content (AvgIpc) is 2.43. The van der Waals surface area contributed by atoms with Crippen LogP contribution in [0.3, 0.4) is 0 Å². The minimum atomic E-state index is -0.383. The molecule has 0 radical (unpaired) electrons. The lowest BCUT2D eigenvalue weighted by Crippen LogP contribution is -2.29. The maximum atomic E-state index is 13.4. The van der Waals surface area contributed by atoms with Gasteiger partial charge in [-0.25, -0.2) is 9.82 Å². The highest BCUT2D eigenvalue weighted by molar-refractivity contribution is 5.40. The van der Waals surface area contributed by atoms with Gasteiger partial charge in [-0.15, -0.1) is 0 Å². The quantitative estimate of drug-likeness (QED) is 0.656. The molecule has 0 aliphatic carbocycles. The van der Waals surface area contributed by atoms with Gasteiger partial charge < -0.3 is 4.74 Å². The van der Waals surface area contributed by atoms with E-state index in [9.17, 15) is 4.39 Å². The van der Waals surface area contributed by atoms with Crippen molar-refractivity contribution in [1.82, 2.24) is 5.43 Å². The fourth-order valence-corrected chi connectivity index (χ4v) is 2.13. The van der Waals surface area contributed by atoms with Crippen LogP contribution in [0.15, 0.2) is 42.5 Å². The number of methoxy groups -OCH3 is 1. The molecule has 0 saturated heterocycles. The Morgan fingerprint density at radius 2 is 1.95 bits per heavy atom. The zero-order chi connectivity index (χ0) is 13.8. The number of ether oxygens (including phenoxy) is 1. The second-order valence-electron chi connectivity index (χ2n) is 4.35. The Kier molecular flexibility index (Phi) is 4.14. The summed E-state index contributed by atoms with van der Waals surface area (Å²) in [6.45, 7) is 2.01. The summed E-state index contributed by atoms with van der Waals surface area (Å²) in [5, 5.41) is 0. The van der Waals surface area contributed by atoms with E-state index >= 15 is 0 Å². The molecule has 2 rings (SSSR count). The lowest BCUT2D eigenvalue weighted by molar-refractivity contribution is 0.385. The zero-order valence-corrected chi connectivity index (χ0v) is 11.0. The third kappa shape index (κ3) is 2.75. The minimum absolute atomic E-state index is 0.198. The van der Waals surface area contributed by atoms with Crippen LogP contribution in [0.4, 0.5) is 4.39 Å². The first-order chi connectivity index (χ1) is 9.17. The number of hydrogen-bond donors (Lipinski definition) is 2. The third-order valence-corrected chi connectivity index (χ3v) is 3.17. The lowest BCUT2D eigenvalue weighted by Gasteiger charge is -2.19. The van der Waals surface area contributed by atoms with Crippen molar-refractivity contribution in [2.75, 3.05) is 7.11 Å². The van der Waals surface area contributed by atoms with E-state index < -0.39 is 0 Å². The number of hydrazine groups is 1. The molecule has 2 aromatic carbocycles. The summed E-state index contributed by atoms with van der Waals surface area (Å²) >= 11 is 0. The van der Waals surface area contributed by atoms with Crippen LogP contribution < -0.4 is 16.0 Å². The van der Waals surface area contributed by atoms with Crippen molar-refractivity contribution in [1.29, 1.82) is 0 Å². The van der Waals surface area contributed by atoms with E-state index in [4.69, 9.17) is 10.6 Å². The van der Waals surface area contributed by atoms with E-state index in [0.29, 0.717) is 0 Å². The first-order valence-corrected chi connectivity index (χ1v) is 6.02. The van der Waals surface area contributed by atoms with Crippen molar-refractivity contribution in [3.63, 3.8) is 0 Å². The summed E-state index contributed by atoms with van der Waals surface area (Å²) in [5.41, 5.74) is 5.80. The Hall–Kier alpha value is -1.91. The molecule has 100 valence electrons. The first kappa shape index (κ1) is 13.5. The highest BCUT2D eigenvalue weighted by Crippen LogP contribution is 2.28. The van der Waals surface area contributed by atoms with Gasteiger partial charge in [-0.05, 0) is 35.7 Å². The smallest absolute Gasteiger partial charge is 0.165 e. The molecule has 0 aliphatic heterocycles. The maximum absolute atomic E-state index is 13.4. The van der Waals surface area contributed by atoms with Crippen molar-refractivity contribution in [2.45, 2.75) is 13.0 Å². The fourth-order valence-electron chi connectivity index (χ4n) is 2.13. The Morgan fingerprint density at radius 3 is 2.58 bits per heavy atom. The molecule has 0 fully saturated rings. The van der Waals surface area contributed by atoms with Crippen LogP contribution in [0.25, 0.3) is 0 Å². The largest absolute Gasteiger partial charge is 0.494 e. The molecule has 3 nitrogen and oxygen atoms in total. The van der Waals surface area contributed by atoms with Crippen molar-refractivity contribution in [2.24, 2.45) is 5.84 Å². The van der Waals surface area contributed by atoms with Crippen molar-refractivity contribution in [3.8, 4) is 5.75 Å². The number of aryl methyl sites for hydroxylation is 1. The van der Waals surface area contributed by atoms with Gasteiger partial charge in [0.15, 0.2) is 11.6 Å². The molecule has 0 aliphatic rings. The Morgan fingerprint density at radius 1 is 1.21 bits per heavy atom. The predicted molar refractivity (Wildman–Crippen MR) is 73.3 cm³/mol. The topological polar surface area (TPSA) is 47.3 Å². The SMILES string of the molecule is COc1cc(C(NN)c2ccccc2C)ccc1F. The van der Waals surface area contributed by atoms with Gasteiger partial charge in [0.1, 0.15) is 0 Å². The highest BCUT2D eigenvalue weighted by Gasteiger charge is 2.16. The predicted octanol–water partition coefficient (Wildman–Crippen LogP) is 2.70. The molecule has 1 atom stereocenters. The molecule has 3 N–H and O–H groups in total. The van der Waals surface area contributed by atoms with E-state index in [1.54, 1.807) is 12.1 Å². The first-order valence-electron chi connectivity index (χ1n) is 6.02. The third-order valence-electron chi connectivity index (χ3n) is 3.17. The van der Waals surface area contributed by atoms with Gasteiger partial charge in [0.05, 0.1) is 13.2 Å². The second kappa shape index (κ2) is 5.82. The average molecular weight is 260 g/mol. The summed E-state index contributed by atoms with van der Waals surface area (Å²) in [5.74, 6) is 5.48. The van der Waals surface area contributed by atoms with Crippen molar-refractivity contribution in [3.05, 3.63) is 65.0 Å². The summed E-state index contributed by atoms with van der Waals surface area (Å²) in [6, 6.07) is 12.5. The molecule has 0 spiro atoms. The number of hydrogen-bond acceptors (Lipinski definition) is 3. The fraction of sp³-hybridized carbons (Fsp3) is 0.200. The molecule has 1 unspecified atom stereocenters. The van der Waals surface area contributed by atoms with Gasteiger partial charge in [0.2, 0.25) is 0 Å². The standard InChI is InChI=1S/C15H17FN2O/c1-10-5-3-4-6-12(10)15(18-17)11-7-8-13(16)14(9-11)19-2/h3-9,15,18H,17H2,1-2H3. The monoisotopic (exact) mass is 260 g/mol. The van der Waals surface area contributed by atoms with Crippen LogP contribution >= 0.6 is 0 Å². The molecule has 4 heteroatoms. The second-order valence-corrected chi connectivity index (χ2v) is 4.35. The Balaban J connectivity index is 2.45. The molecule has 0 heterocycles. The molecular weight excluding hydrogens is 243 g/mol. The molecule has 0 aromatic heterocycles. The van der Waals surface area contributed by atoms with Crippen LogP contribution in [-0.2, 0) is 0 Å². The Labute approximate surface area is 112 Å². The van der Waals surface area contributed by atoms with E-state index in [-0.39, 0.29) is 17.6 Å². The van der Waals surface area contributed by atoms with Gasteiger partial charge in [0.25, 0.3) is 0 Å². The number of rotatable bonds is 4. The molecule has 0 amide bonds. The molecular formula is C15H17FN2O. The zero-order valence-electron chi connectivity index (χ0n) is 11.0. The summed E-state index contributed by atoms with van der Waals surface area (Å²) in [7, 11) is 1.45. The summed E-state index contributed by atoms with van der Waals surface area (Å²) in [4.78, 5) is 0. The normalized spacial score (nSPS) is 12.2. The van der Waals surface area contributed by atoms with Crippen LogP contribution in [0.1, 0.15) is 22.7 Å². The van der Waals surface area contributed by atoms with Crippen molar-refractivity contribution >= 4 is 0 Å². The Bertz CT molecular complexity index is 572. The van der Waals surface area contributed by atoms with Gasteiger partial charge in [-0.1, -0.05) is 30.3 Å². The van der Waals surface area contributed by atoms with Crippen LogP contribution in [0, 0.1) is 12.7 Å². The molecule has 0 saturated carbocycles. The lowest BCUT2D eigenvalue weighted by atomic mass is 9.95. The summed E-state index contributed by atoms with van der Waals surface area (Å²) < 4.78 is 18.4. The number of halogens is 1. The van der Waals surface area contributed by atoms with Gasteiger partial charge in [0, 0.05) is 0 Å². The molecule has 2 aromatic rings. The number of benzene rings is 2. The van der Waals surface area contributed by atoms with Gasteiger partial charge >= 0.3 is 0 Å². The van der Waals surface area contributed by atoms with Crippen LogP contribution in [0.2, 0.25) is 0 Å². The number of nitrogens with two attached hydrogens (primary N) is 1. The van der Waals surface area contributed by atoms with Crippen LogP contribution in [0.5, 0.6) is 5.75 Å². The highest BCUT2D eigenvalue weighted by atomic mass is 19.1. The molecule has 19 heavy (non-hydrogen) atoms.